The highest BCUT2D eigenvalue weighted by molar-refractivity contribution is 5.84. The highest BCUT2D eigenvalue weighted by Crippen LogP contribution is 2.34. The summed E-state index contributed by atoms with van der Waals surface area (Å²) >= 11 is 0. The predicted molar refractivity (Wildman–Crippen MR) is 157 cm³/mol. The summed E-state index contributed by atoms with van der Waals surface area (Å²) in [5, 5.41) is 6.25. The number of ether oxygens (including phenoxy) is 1. The normalized spacial score (nSPS) is 17.8. The first-order valence-electron chi connectivity index (χ1n) is 14.5. The molecule has 2 aromatic heterocycles. The van der Waals surface area contributed by atoms with Crippen molar-refractivity contribution < 1.29 is 22.7 Å². The van der Waals surface area contributed by atoms with Crippen LogP contribution in [0, 0.1) is 0 Å². The Bertz CT molecular complexity index is 1690. The summed E-state index contributed by atoms with van der Waals surface area (Å²) in [6, 6.07) is 14.9. The van der Waals surface area contributed by atoms with Crippen molar-refractivity contribution in [3.05, 3.63) is 88.1 Å². The Morgan fingerprint density at radius 3 is 2.30 bits per heavy atom. The second-order valence-electron chi connectivity index (χ2n) is 11.0. The van der Waals surface area contributed by atoms with Gasteiger partial charge >= 0.3 is 6.18 Å². The van der Waals surface area contributed by atoms with Gasteiger partial charge in [-0.1, -0.05) is 30.3 Å². The zero-order valence-electron chi connectivity index (χ0n) is 24.2. The number of hydrogen-bond acceptors (Lipinski definition) is 8. The highest BCUT2D eigenvalue weighted by atomic mass is 19.4. The molecule has 0 spiro atoms. The van der Waals surface area contributed by atoms with Crippen LogP contribution in [0.25, 0.3) is 10.8 Å². The van der Waals surface area contributed by atoms with Crippen molar-refractivity contribution in [2.45, 2.75) is 31.6 Å². The number of halogens is 3. The molecule has 2 aliphatic heterocycles. The molecule has 2 fully saturated rings. The number of nitrogens with zero attached hydrogens (tertiary/aromatic N) is 7. The minimum Gasteiger partial charge on any atom is -0.497 e. The van der Waals surface area contributed by atoms with Gasteiger partial charge in [-0.05, 0) is 43.1 Å². The van der Waals surface area contributed by atoms with Gasteiger partial charge in [-0.3, -0.25) is 14.5 Å². The molecule has 10 nitrogen and oxygen atoms in total. The van der Waals surface area contributed by atoms with Crippen LogP contribution in [0.15, 0.2) is 65.7 Å². The van der Waals surface area contributed by atoms with Crippen LogP contribution in [0.2, 0.25) is 0 Å². The van der Waals surface area contributed by atoms with E-state index in [1.807, 2.05) is 48.5 Å². The SMILES string of the molecule is COc1ccc(Cn2nc(C3CCCN3CC(=O)N3CCN(c4ncc(C(F)(F)F)cn4)CC3)c3ccccc3c2=O)cc1. The van der Waals surface area contributed by atoms with Gasteiger partial charge in [-0.25, -0.2) is 14.6 Å². The third-order valence-corrected chi connectivity index (χ3v) is 8.29. The maximum absolute atomic E-state index is 13.4. The van der Waals surface area contributed by atoms with Crippen LogP contribution < -0.4 is 15.2 Å². The second-order valence-corrected chi connectivity index (χ2v) is 11.0. The molecule has 0 bridgehead atoms. The number of rotatable bonds is 7. The Labute approximate surface area is 251 Å². The van der Waals surface area contributed by atoms with Gasteiger partial charge in [-0.15, -0.1) is 0 Å². The van der Waals surface area contributed by atoms with Gasteiger partial charge < -0.3 is 14.5 Å². The van der Waals surface area contributed by atoms with Crippen LogP contribution in [-0.4, -0.2) is 81.8 Å². The smallest absolute Gasteiger partial charge is 0.419 e. The number of piperazine rings is 1. The van der Waals surface area contributed by atoms with Crippen molar-refractivity contribution >= 4 is 22.6 Å². The third kappa shape index (κ3) is 6.09. The molecular weight excluding hydrogens is 575 g/mol. The average Bonchev–Trinajstić information content (AvgIpc) is 3.50. The third-order valence-electron chi connectivity index (χ3n) is 8.29. The van der Waals surface area contributed by atoms with Crippen LogP contribution in [0.3, 0.4) is 0 Å². The molecule has 4 heterocycles. The van der Waals surface area contributed by atoms with Crippen molar-refractivity contribution in [3.63, 3.8) is 0 Å². The standard InChI is InChI=1S/C31H32F3N7O3/c1-44-23-10-8-21(9-11-23)19-41-29(43)25-6-3-2-5-24(25)28(37-41)26-7-4-12-40(26)20-27(42)38-13-15-39(16-14-38)30-35-17-22(18-36-30)31(32,33)34/h2-3,5-6,8-11,17-18,26H,4,7,12-16,19-20H2,1H3. The number of methoxy groups -OCH3 is 1. The fourth-order valence-electron chi connectivity index (χ4n) is 5.90. The first-order valence-corrected chi connectivity index (χ1v) is 14.5. The van der Waals surface area contributed by atoms with Gasteiger partial charge in [0.05, 0.1) is 42.9 Å². The minimum absolute atomic E-state index is 0.0271. The van der Waals surface area contributed by atoms with Crippen molar-refractivity contribution in [1.29, 1.82) is 0 Å². The molecule has 0 aliphatic carbocycles. The molecule has 2 saturated heterocycles. The Kier molecular flexibility index (Phi) is 8.21. The van der Waals surface area contributed by atoms with Crippen molar-refractivity contribution in [2.24, 2.45) is 0 Å². The number of fused-ring (bicyclic) bond motifs is 1. The van der Waals surface area contributed by atoms with Crippen LogP contribution in [-0.2, 0) is 17.5 Å². The molecule has 2 aromatic carbocycles. The van der Waals surface area contributed by atoms with Crippen LogP contribution in [0.5, 0.6) is 5.75 Å². The molecule has 0 N–H and O–H groups in total. The average molecular weight is 608 g/mol. The molecule has 44 heavy (non-hydrogen) atoms. The zero-order valence-corrected chi connectivity index (χ0v) is 24.2. The summed E-state index contributed by atoms with van der Waals surface area (Å²) in [6.07, 6.45) is -1.22. The fourth-order valence-corrected chi connectivity index (χ4v) is 5.90. The summed E-state index contributed by atoms with van der Waals surface area (Å²) in [5.74, 6) is 0.919. The molecule has 6 rings (SSSR count). The van der Waals surface area contributed by atoms with E-state index in [2.05, 4.69) is 14.9 Å². The lowest BCUT2D eigenvalue weighted by Gasteiger charge is -2.36. The van der Waals surface area contributed by atoms with E-state index >= 15 is 0 Å². The van der Waals surface area contributed by atoms with E-state index in [9.17, 15) is 22.8 Å². The Morgan fingerprint density at radius 2 is 1.64 bits per heavy atom. The molecule has 0 saturated carbocycles. The molecule has 2 aliphatic rings. The maximum atomic E-state index is 13.4. The summed E-state index contributed by atoms with van der Waals surface area (Å²) in [4.78, 5) is 40.3. The van der Waals surface area contributed by atoms with Crippen LogP contribution in [0.4, 0.5) is 19.1 Å². The summed E-state index contributed by atoms with van der Waals surface area (Å²) in [6.45, 7) is 2.90. The molecular formula is C31H32F3N7O3. The maximum Gasteiger partial charge on any atom is 0.419 e. The largest absolute Gasteiger partial charge is 0.497 e. The summed E-state index contributed by atoms with van der Waals surface area (Å²) in [5.41, 5.74) is 0.633. The first kappa shape index (κ1) is 29.5. The molecule has 1 atom stereocenters. The Balaban J connectivity index is 1.16. The van der Waals surface area contributed by atoms with E-state index in [-0.39, 0.29) is 30.0 Å². The van der Waals surface area contributed by atoms with E-state index in [1.165, 1.54) is 4.68 Å². The molecule has 0 radical (unpaired) electrons. The Hall–Kier alpha value is -4.52. The zero-order chi connectivity index (χ0) is 30.8. The van der Waals surface area contributed by atoms with Crippen LogP contribution in [0.1, 0.15) is 35.7 Å². The van der Waals surface area contributed by atoms with E-state index in [4.69, 9.17) is 9.84 Å². The van der Waals surface area contributed by atoms with Gasteiger partial charge in [0.15, 0.2) is 0 Å². The number of carbonyl (C=O) groups is 1. The number of alkyl halides is 3. The molecule has 13 heteroatoms. The number of benzene rings is 2. The van der Waals surface area contributed by atoms with E-state index < -0.39 is 11.7 Å². The molecule has 230 valence electrons. The second kappa shape index (κ2) is 12.2. The molecule has 1 unspecified atom stereocenters. The Morgan fingerprint density at radius 1 is 0.955 bits per heavy atom. The fraction of sp³-hybridized carbons (Fsp3) is 0.387. The summed E-state index contributed by atoms with van der Waals surface area (Å²) in [7, 11) is 1.60. The number of amides is 1. The van der Waals surface area contributed by atoms with E-state index in [0.717, 1.165) is 54.2 Å². The lowest BCUT2D eigenvalue weighted by molar-refractivity contribution is -0.138. The molecule has 4 aromatic rings. The van der Waals surface area contributed by atoms with E-state index in [1.54, 1.807) is 16.9 Å². The topological polar surface area (TPSA) is 96.7 Å². The quantitative estimate of drug-likeness (QED) is 0.314. The van der Waals surface area contributed by atoms with Crippen molar-refractivity contribution in [3.8, 4) is 5.75 Å². The number of anilines is 1. The monoisotopic (exact) mass is 607 g/mol. The molecule has 1 amide bonds. The lowest BCUT2D eigenvalue weighted by atomic mass is 10.0. The number of likely N-dealkylation sites (tertiary alicyclic amines) is 1. The van der Waals surface area contributed by atoms with Gasteiger partial charge in [0, 0.05) is 44.0 Å². The first-order chi connectivity index (χ1) is 21.2. The highest BCUT2D eigenvalue weighted by Gasteiger charge is 2.34. The lowest BCUT2D eigenvalue weighted by Crippen LogP contribution is -2.51. The van der Waals surface area contributed by atoms with Gasteiger partial charge in [0.25, 0.3) is 5.56 Å². The minimum atomic E-state index is -4.49. The van der Waals surface area contributed by atoms with Crippen molar-refractivity contribution in [2.75, 3.05) is 51.3 Å². The number of carbonyl (C=O) groups excluding carboxylic acids is 1. The van der Waals surface area contributed by atoms with Gasteiger partial charge in [0.1, 0.15) is 5.75 Å². The van der Waals surface area contributed by atoms with Crippen molar-refractivity contribution in [1.82, 2.24) is 29.5 Å². The van der Waals surface area contributed by atoms with E-state index in [0.29, 0.717) is 38.1 Å². The van der Waals surface area contributed by atoms with Crippen LogP contribution >= 0.6 is 0 Å². The summed E-state index contributed by atoms with van der Waals surface area (Å²) < 4.78 is 45.4. The number of aromatic nitrogens is 4. The number of hydrogen-bond donors (Lipinski definition) is 0. The van der Waals surface area contributed by atoms with Gasteiger partial charge in [-0.2, -0.15) is 18.3 Å². The predicted octanol–water partition coefficient (Wildman–Crippen LogP) is 3.75. The van der Waals surface area contributed by atoms with Gasteiger partial charge in [0.2, 0.25) is 11.9 Å².